The van der Waals surface area contributed by atoms with E-state index in [-0.39, 0.29) is 22.8 Å². The van der Waals surface area contributed by atoms with Gasteiger partial charge < -0.3 is 9.73 Å². The molecule has 0 aliphatic rings. The number of thioether (sulfide) groups is 1. The van der Waals surface area contributed by atoms with Gasteiger partial charge in [0.1, 0.15) is 5.82 Å². The Balaban J connectivity index is 1.66. The molecule has 3 aromatic rings. The number of anilines is 1. The summed E-state index contributed by atoms with van der Waals surface area (Å²) in [6.45, 7) is 3.57. The highest BCUT2D eigenvalue weighted by Crippen LogP contribution is 2.28. The predicted molar refractivity (Wildman–Crippen MR) is 99.8 cm³/mol. The maximum atomic E-state index is 13.0. The summed E-state index contributed by atoms with van der Waals surface area (Å²) in [5, 5.41) is 11.1. The van der Waals surface area contributed by atoms with Gasteiger partial charge in [0.15, 0.2) is 0 Å². The molecule has 134 valence electrons. The lowest BCUT2D eigenvalue weighted by Gasteiger charge is -2.12. The van der Waals surface area contributed by atoms with E-state index in [9.17, 15) is 9.18 Å². The van der Waals surface area contributed by atoms with E-state index >= 15 is 0 Å². The quantitative estimate of drug-likeness (QED) is 0.623. The van der Waals surface area contributed by atoms with Gasteiger partial charge in [0.05, 0.1) is 5.25 Å². The predicted octanol–water partition coefficient (Wildman–Crippen LogP) is 4.96. The third-order valence-corrected chi connectivity index (χ3v) is 5.01. The van der Waals surface area contributed by atoms with Gasteiger partial charge in [-0.05, 0) is 55.8 Å². The molecule has 1 N–H and O–H groups in total. The van der Waals surface area contributed by atoms with E-state index in [0.29, 0.717) is 16.3 Å². The number of rotatable bonds is 5. The van der Waals surface area contributed by atoms with E-state index < -0.39 is 5.25 Å². The number of halogens is 2. The largest absolute Gasteiger partial charge is 0.411 e. The maximum absolute atomic E-state index is 13.0. The highest BCUT2D eigenvalue weighted by atomic mass is 35.5. The molecule has 1 atom stereocenters. The van der Waals surface area contributed by atoms with Crippen molar-refractivity contribution >= 4 is 35.0 Å². The molecule has 1 amide bonds. The zero-order chi connectivity index (χ0) is 18.7. The van der Waals surface area contributed by atoms with Gasteiger partial charge >= 0.3 is 0 Å². The molecule has 1 aromatic heterocycles. The van der Waals surface area contributed by atoms with Crippen LogP contribution in [0, 0.1) is 12.7 Å². The molecular weight excluding hydrogens is 377 g/mol. The second-order valence-corrected chi connectivity index (χ2v) is 7.24. The molecular formula is C18H15ClFN3O2S. The summed E-state index contributed by atoms with van der Waals surface area (Å²) < 4.78 is 18.5. The average molecular weight is 392 g/mol. The second kappa shape index (κ2) is 7.88. The SMILES string of the molecule is Cc1c(Cl)cccc1NC(=O)[C@@H](C)Sc1nnc(-c2ccc(F)cc2)o1. The summed E-state index contributed by atoms with van der Waals surface area (Å²) in [5.74, 6) is -0.280. The highest BCUT2D eigenvalue weighted by Gasteiger charge is 2.19. The molecule has 26 heavy (non-hydrogen) atoms. The molecule has 1 heterocycles. The van der Waals surface area contributed by atoms with E-state index in [1.807, 2.05) is 6.92 Å². The minimum Gasteiger partial charge on any atom is -0.411 e. The number of amides is 1. The van der Waals surface area contributed by atoms with Gasteiger partial charge in [-0.1, -0.05) is 29.4 Å². The van der Waals surface area contributed by atoms with Crippen molar-refractivity contribution in [3.05, 3.63) is 58.9 Å². The lowest BCUT2D eigenvalue weighted by Crippen LogP contribution is -2.22. The van der Waals surface area contributed by atoms with Crippen LogP contribution in [0.4, 0.5) is 10.1 Å². The van der Waals surface area contributed by atoms with Gasteiger partial charge in [-0.25, -0.2) is 4.39 Å². The van der Waals surface area contributed by atoms with Crippen LogP contribution in [0.5, 0.6) is 0 Å². The van der Waals surface area contributed by atoms with E-state index in [1.54, 1.807) is 37.3 Å². The summed E-state index contributed by atoms with van der Waals surface area (Å²) in [5.41, 5.74) is 2.07. The first-order valence-corrected chi connectivity index (χ1v) is 9.02. The van der Waals surface area contributed by atoms with E-state index in [4.69, 9.17) is 16.0 Å². The van der Waals surface area contributed by atoms with Gasteiger partial charge in [-0.15, -0.1) is 10.2 Å². The number of aromatic nitrogens is 2. The Bertz CT molecular complexity index is 930. The van der Waals surface area contributed by atoms with Crippen molar-refractivity contribution in [1.29, 1.82) is 0 Å². The third kappa shape index (κ3) is 4.23. The van der Waals surface area contributed by atoms with Crippen LogP contribution in [0.15, 0.2) is 52.1 Å². The topological polar surface area (TPSA) is 68.0 Å². The van der Waals surface area contributed by atoms with Crippen molar-refractivity contribution in [1.82, 2.24) is 10.2 Å². The van der Waals surface area contributed by atoms with Gasteiger partial charge in [0.2, 0.25) is 11.8 Å². The number of nitrogens with zero attached hydrogens (tertiary/aromatic N) is 2. The number of carbonyl (C=O) groups excluding carboxylic acids is 1. The molecule has 0 radical (unpaired) electrons. The molecule has 0 spiro atoms. The van der Waals surface area contributed by atoms with Crippen LogP contribution in [0.25, 0.3) is 11.5 Å². The first-order valence-electron chi connectivity index (χ1n) is 7.76. The minimum atomic E-state index is -0.463. The van der Waals surface area contributed by atoms with Gasteiger partial charge in [-0.2, -0.15) is 0 Å². The van der Waals surface area contributed by atoms with Crippen LogP contribution in [0.2, 0.25) is 5.02 Å². The van der Waals surface area contributed by atoms with Gasteiger partial charge in [0, 0.05) is 16.3 Å². The average Bonchev–Trinajstić information content (AvgIpc) is 3.08. The van der Waals surface area contributed by atoms with Crippen LogP contribution in [0.1, 0.15) is 12.5 Å². The van der Waals surface area contributed by atoms with Gasteiger partial charge in [0.25, 0.3) is 5.22 Å². The number of nitrogens with one attached hydrogen (secondary N) is 1. The van der Waals surface area contributed by atoms with Gasteiger partial charge in [-0.3, -0.25) is 4.79 Å². The zero-order valence-electron chi connectivity index (χ0n) is 14.0. The molecule has 3 rings (SSSR count). The molecule has 0 bridgehead atoms. The summed E-state index contributed by atoms with van der Waals surface area (Å²) >= 11 is 7.20. The lowest BCUT2D eigenvalue weighted by molar-refractivity contribution is -0.115. The summed E-state index contributed by atoms with van der Waals surface area (Å²) in [6, 6.07) is 11.1. The van der Waals surface area contributed by atoms with E-state index in [2.05, 4.69) is 15.5 Å². The monoisotopic (exact) mass is 391 g/mol. The Morgan fingerprint density at radius 1 is 1.23 bits per heavy atom. The Kier molecular flexibility index (Phi) is 5.58. The number of hydrogen-bond donors (Lipinski definition) is 1. The van der Waals surface area contributed by atoms with Crippen LogP contribution >= 0.6 is 23.4 Å². The fourth-order valence-corrected chi connectivity index (χ4v) is 3.01. The van der Waals surface area contributed by atoms with Crippen molar-refractivity contribution in [2.24, 2.45) is 0 Å². The zero-order valence-corrected chi connectivity index (χ0v) is 15.6. The van der Waals surface area contributed by atoms with Crippen molar-refractivity contribution in [3.63, 3.8) is 0 Å². The normalized spacial score (nSPS) is 12.0. The Morgan fingerprint density at radius 2 is 1.96 bits per heavy atom. The van der Waals surface area contributed by atoms with Crippen LogP contribution in [-0.4, -0.2) is 21.4 Å². The fourth-order valence-electron chi connectivity index (χ4n) is 2.15. The van der Waals surface area contributed by atoms with Crippen molar-refractivity contribution in [3.8, 4) is 11.5 Å². The Hall–Kier alpha value is -2.38. The Morgan fingerprint density at radius 3 is 2.69 bits per heavy atom. The number of hydrogen-bond acceptors (Lipinski definition) is 5. The van der Waals surface area contributed by atoms with Crippen molar-refractivity contribution in [2.45, 2.75) is 24.3 Å². The second-order valence-electron chi connectivity index (χ2n) is 5.54. The summed E-state index contributed by atoms with van der Waals surface area (Å²) in [7, 11) is 0. The molecule has 2 aromatic carbocycles. The smallest absolute Gasteiger partial charge is 0.277 e. The fraction of sp³-hybridized carbons (Fsp3) is 0.167. The molecule has 0 fully saturated rings. The molecule has 0 saturated heterocycles. The van der Waals surface area contributed by atoms with Crippen molar-refractivity contribution in [2.75, 3.05) is 5.32 Å². The molecule has 0 aliphatic carbocycles. The van der Waals surface area contributed by atoms with Crippen LogP contribution in [-0.2, 0) is 4.79 Å². The third-order valence-electron chi connectivity index (χ3n) is 3.67. The maximum Gasteiger partial charge on any atom is 0.277 e. The van der Waals surface area contributed by atoms with Crippen LogP contribution < -0.4 is 5.32 Å². The molecule has 0 unspecified atom stereocenters. The van der Waals surface area contributed by atoms with E-state index in [0.717, 1.165) is 17.3 Å². The summed E-state index contributed by atoms with van der Waals surface area (Å²) in [6.07, 6.45) is 0. The first-order chi connectivity index (χ1) is 12.4. The number of carbonyl (C=O) groups is 1. The molecule has 0 aliphatic heterocycles. The van der Waals surface area contributed by atoms with Crippen LogP contribution in [0.3, 0.4) is 0 Å². The van der Waals surface area contributed by atoms with E-state index in [1.165, 1.54) is 12.1 Å². The first kappa shape index (κ1) is 18.4. The highest BCUT2D eigenvalue weighted by molar-refractivity contribution is 8.00. The molecule has 5 nitrogen and oxygen atoms in total. The molecule has 0 saturated carbocycles. The summed E-state index contributed by atoms with van der Waals surface area (Å²) in [4.78, 5) is 12.4. The lowest BCUT2D eigenvalue weighted by atomic mass is 10.2. The standard InChI is InChI=1S/C18H15ClFN3O2S/c1-10-14(19)4-3-5-15(10)21-16(24)11(2)26-18-23-22-17(25-18)12-6-8-13(20)9-7-12/h3-9,11H,1-2H3,(H,21,24)/t11-/m1/s1. The Labute approximate surface area is 159 Å². The molecule has 8 heteroatoms. The number of benzene rings is 2. The van der Waals surface area contributed by atoms with Crippen molar-refractivity contribution < 1.29 is 13.6 Å². The minimum absolute atomic E-state index is 0.207.